The Bertz CT molecular complexity index is 642. The smallest absolute Gasteiger partial charge is 0.221 e. The molecule has 2 N–H and O–H groups in total. The van der Waals surface area contributed by atoms with Crippen molar-refractivity contribution in [2.24, 2.45) is 0 Å². The lowest BCUT2D eigenvalue weighted by Gasteiger charge is -2.31. The third-order valence-corrected chi connectivity index (χ3v) is 4.12. The van der Waals surface area contributed by atoms with Crippen LogP contribution in [-0.2, 0) is 11.3 Å². The van der Waals surface area contributed by atoms with E-state index in [1.807, 2.05) is 0 Å². The van der Waals surface area contributed by atoms with Gasteiger partial charge in [-0.1, -0.05) is 6.42 Å². The van der Waals surface area contributed by atoms with Gasteiger partial charge in [0, 0.05) is 24.9 Å². The summed E-state index contributed by atoms with van der Waals surface area (Å²) in [4.78, 5) is 26.8. The molecule has 3 heterocycles. The van der Waals surface area contributed by atoms with Crippen molar-refractivity contribution in [1.82, 2.24) is 35.4 Å². The Kier molecular flexibility index (Phi) is 4.92. The molecule has 1 amide bonds. The molecular weight excluding hydrogens is 294 g/mol. The number of nitrogens with zero attached hydrogens (tertiary/aromatic N) is 5. The molecule has 122 valence electrons. The van der Waals surface area contributed by atoms with Gasteiger partial charge in [0.25, 0.3) is 0 Å². The summed E-state index contributed by atoms with van der Waals surface area (Å²) in [5.74, 6) is 1.13. The molecule has 0 saturated carbocycles. The predicted octanol–water partition coefficient (Wildman–Crippen LogP) is 0.752. The van der Waals surface area contributed by atoms with Gasteiger partial charge in [0.15, 0.2) is 0 Å². The highest BCUT2D eigenvalue weighted by molar-refractivity contribution is 5.76. The second kappa shape index (κ2) is 7.28. The summed E-state index contributed by atoms with van der Waals surface area (Å²) in [6.07, 6.45) is 8.83. The van der Waals surface area contributed by atoms with Gasteiger partial charge >= 0.3 is 0 Å². The SMILES string of the molecule is CN1CCCC[C@@H]1CC(=O)NCc1nc(-c2cnccn2)n[nH]1. The number of nitrogens with one attached hydrogen (secondary N) is 2. The first kappa shape index (κ1) is 15.5. The Balaban J connectivity index is 1.50. The lowest BCUT2D eigenvalue weighted by molar-refractivity contribution is -0.122. The molecular formula is C15H21N7O. The Morgan fingerprint density at radius 3 is 3.13 bits per heavy atom. The first-order valence-corrected chi connectivity index (χ1v) is 7.87. The molecule has 2 aromatic rings. The third kappa shape index (κ3) is 4.10. The number of rotatable bonds is 5. The molecule has 1 aliphatic rings. The van der Waals surface area contributed by atoms with Gasteiger partial charge in [-0.15, -0.1) is 0 Å². The van der Waals surface area contributed by atoms with Gasteiger partial charge < -0.3 is 10.2 Å². The molecule has 0 unspecified atom stereocenters. The highest BCUT2D eigenvalue weighted by Gasteiger charge is 2.21. The minimum atomic E-state index is 0.0428. The van der Waals surface area contributed by atoms with Crippen molar-refractivity contribution in [1.29, 1.82) is 0 Å². The molecule has 0 bridgehead atoms. The second-order valence-corrected chi connectivity index (χ2v) is 5.81. The van der Waals surface area contributed by atoms with Crippen molar-refractivity contribution < 1.29 is 4.79 Å². The largest absolute Gasteiger partial charge is 0.349 e. The zero-order valence-corrected chi connectivity index (χ0v) is 13.2. The summed E-state index contributed by atoms with van der Waals surface area (Å²) in [7, 11) is 2.08. The van der Waals surface area contributed by atoms with Gasteiger partial charge in [0.05, 0.1) is 12.7 Å². The fourth-order valence-electron chi connectivity index (χ4n) is 2.77. The lowest BCUT2D eigenvalue weighted by Crippen LogP contribution is -2.40. The van der Waals surface area contributed by atoms with E-state index >= 15 is 0 Å². The molecule has 1 saturated heterocycles. The molecule has 1 atom stereocenters. The minimum Gasteiger partial charge on any atom is -0.349 e. The van der Waals surface area contributed by atoms with Crippen LogP contribution in [0, 0.1) is 0 Å². The first-order chi connectivity index (χ1) is 11.2. The molecule has 2 aromatic heterocycles. The summed E-state index contributed by atoms with van der Waals surface area (Å²) >= 11 is 0. The zero-order valence-electron chi connectivity index (χ0n) is 13.2. The lowest BCUT2D eigenvalue weighted by atomic mass is 10.00. The van der Waals surface area contributed by atoms with Gasteiger partial charge in [-0.25, -0.2) is 9.97 Å². The number of H-pyrrole nitrogens is 1. The molecule has 23 heavy (non-hydrogen) atoms. The molecule has 0 spiro atoms. The number of amides is 1. The van der Waals surface area contributed by atoms with E-state index in [1.165, 1.54) is 12.8 Å². The standard InChI is InChI=1S/C15H21N7O/c1-22-7-3-2-4-11(22)8-14(23)18-10-13-19-15(21-20-13)12-9-16-5-6-17-12/h5-6,9,11H,2-4,7-8,10H2,1H3,(H,18,23)(H,19,20,21)/t11-/m1/s1. The number of hydrogen-bond donors (Lipinski definition) is 2. The number of aromatic nitrogens is 5. The minimum absolute atomic E-state index is 0.0428. The van der Waals surface area contributed by atoms with E-state index < -0.39 is 0 Å². The monoisotopic (exact) mass is 315 g/mol. The van der Waals surface area contributed by atoms with Crippen LogP contribution in [-0.4, -0.2) is 55.6 Å². The molecule has 8 nitrogen and oxygen atoms in total. The van der Waals surface area contributed by atoms with Gasteiger partial charge in [-0.05, 0) is 26.4 Å². The predicted molar refractivity (Wildman–Crippen MR) is 84.1 cm³/mol. The maximum absolute atomic E-state index is 12.1. The van der Waals surface area contributed by atoms with E-state index in [4.69, 9.17) is 0 Å². The Morgan fingerprint density at radius 1 is 1.43 bits per heavy atom. The summed E-state index contributed by atoms with van der Waals surface area (Å²) in [6.45, 7) is 1.41. The molecule has 1 fully saturated rings. The molecule has 1 aliphatic heterocycles. The van der Waals surface area contributed by atoms with Crippen molar-refractivity contribution in [3.63, 3.8) is 0 Å². The fourth-order valence-corrected chi connectivity index (χ4v) is 2.77. The molecule has 0 radical (unpaired) electrons. The van der Waals surface area contributed by atoms with E-state index in [1.54, 1.807) is 18.6 Å². The summed E-state index contributed by atoms with van der Waals surface area (Å²) in [6, 6.07) is 0.341. The van der Waals surface area contributed by atoms with E-state index in [2.05, 4.69) is 42.4 Å². The fraction of sp³-hybridized carbons (Fsp3) is 0.533. The highest BCUT2D eigenvalue weighted by Crippen LogP contribution is 2.17. The number of carbonyl (C=O) groups is 1. The average molecular weight is 315 g/mol. The highest BCUT2D eigenvalue weighted by atomic mass is 16.1. The second-order valence-electron chi connectivity index (χ2n) is 5.81. The van der Waals surface area contributed by atoms with Crippen LogP contribution < -0.4 is 5.32 Å². The number of hydrogen-bond acceptors (Lipinski definition) is 6. The number of piperidine rings is 1. The van der Waals surface area contributed by atoms with Crippen molar-refractivity contribution in [3.8, 4) is 11.5 Å². The van der Waals surface area contributed by atoms with Crippen LogP contribution in [0.3, 0.4) is 0 Å². The summed E-state index contributed by atoms with van der Waals surface area (Å²) in [5.41, 5.74) is 0.602. The van der Waals surface area contributed by atoms with Crippen LogP contribution in [0.5, 0.6) is 0 Å². The molecule has 0 aromatic carbocycles. The molecule has 0 aliphatic carbocycles. The van der Waals surface area contributed by atoms with Gasteiger partial charge in [-0.3, -0.25) is 14.9 Å². The van der Waals surface area contributed by atoms with E-state index in [-0.39, 0.29) is 5.91 Å². The maximum Gasteiger partial charge on any atom is 0.221 e. The molecule has 3 rings (SSSR count). The zero-order chi connectivity index (χ0) is 16.1. The van der Waals surface area contributed by atoms with Crippen molar-refractivity contribution >= 4 is 5.91 Å². The van der Waals surface area contributed by atoms with Gasteiger partial charge in [0.1, 0.15) is 11.5 Å². The Labute approximate surface area is 134 Å². The van der Waals surface area contributed by atoms with Crippen LogP contribution in [0.2, 0.25) is 0 Å². The maximum atomic E-state index is 12.1. The number of likely N-dealkylation sites (tertiary alicyclic amines) is 1. The Hall–Kier alpha value is -2.35. The number of carbonyl (C=O) groups excluding carboxylic acids is 1. The van der Waals surface area contributed by atoms with Crippen LogP contribution in [0.1, 0.15) is 31.5 Å². The quantitative estimate of drug-likeness (QED) is 0.844. The number of aromatic amines is 1. The molecule has 8 heteroatoms. The van der Waals surface area contributed by atoms with Crippen molar-refractivity contribution in [3.05, 3.63) is 24.4 Å². The van der Waals surface area contributed by atoms with Crippen LogP contribution >= 0.6 is 0 Å². The van der Waals surface area contributed by atoms with Crippen LogP contribution in [0.15, 0.2) is 18.6 Å². The topological polar surface area (TPSA) is 99.7 Å². The first-order valence-electron chi connectivity index (χ1n) is 7.87. The van der Waals surface area contributed by atoms with Gasteiger partial charge in [0.2, 0.25) is 11.7 Å². The summed E-state index contributed by atoms with van der Waals surface area (Å²) in [5, 5.41) is 9.81. The van der Waals surface area contributed by atoms with Gasteiger partial charge in [-0.2, -0.15) is 5.10 Å². The van der Waals surface area contributed by atoms with Crippen LogP contribution in [0.25, 0.3) is 11.5 Å². The summed E-state index contributed by atoms with van der Waals surface area (Å²) < 4.78 is 0. The third-order valence-electron chi connectivity index (χ3n) is 4.12. The Morgan fingerprint density at radius 2 is 2.35 bits per heavy atom. The van der Waals surface area contributed by atoms with Crippen molar-refractivity contribution in [2.75, 3.05) is 13.6 Å². The van der Waals surface area contributed by atoms with Crippen LogP contribution in [0.4, 0.5) is 0 Å². The van der Waals surface area contributed by atoms with Crippen molar-refractivity contribution in [2.45, 2.75) is 38.3 Å². The van der Waals surface area contributed by atoms with E-state index in [0.29, 0.717) is 36.4 Å². The normalized spacial score (nSPS) is 18.7. The van der Waals surface area contributed by atoms with E-state index in [9.17, 15) is 4.79 Å². The van der Waals surface area contributed by atoms with E-state index in [0.717, 1.165) is 13.0 Å². The average Bonchev–Trinajstić information content (AvgIpc) is 3.05.